The molecule has 6 heteroatoms. The van der Waals surface area contributed by atoms with E-state index in [1.807, 2.05) is 24.3 Å². The molecule has 3 N–H and O–H groups in total. The second-order valence-corrected chi connectivity index (χ2v) is 6.04. The Morgan fingerprint density at radius 1 is 0.923 bits per heavy atom. The van der Waals surface area contributed by atoms with Crippen molar-refractivity contribution in [1.82, 2.24) is 20.2 Å². The first kappa shape index (κ1) is 16.1. The smallest absolute Gasteiger partial charge is 0.244 e. The molecule has 0 aliphatic rings. The van der Waals surface area contributed by atoms with Crippen molar-refractivity contribution >= 4 is 22.7 Å². The molecule has 2 aromatic carbocycles. The lowest BCUT2D eigenvalue weighted by atomic mass is 10.1. The second kappa shape index (κ2) is 7.65. The Balaban J connectivity index is 1.33. The van der Waals surface area contributed by atoms with Gasteiger partial charge in [0.1, 0.15) is 0 Å². The molecule has 0 aliphatic heterocycles. The molecule has 2 aromatic heterocycles. The van der Waals surface area contributed by atoms with Crippen LogP contribution in [-0.2, 0) is 13.0 Å². The van der Waals surface area contributed by atoms with E-state index in [1.165, 1.54) is 22.0 Å². The van der Waals surface area contributed by atoms with Gasteiger partial charge in [-0.25, -0.2) is 0 Å². The van der Waals surface area contributed by atoms with Crippen LogP contribution in [-0.4, -0.2) is 26.7 Å². The minimum atomic E-state index is 0.519. The van der Waals surface area contributed by atoms with Crippen molar-refractivity contribution in [3.63, 3.8) is 0 Å². The quantitative estimate of drug-likeness (QED) is 0.477. The van der Waals surface area contributed by atoms with Crippen LogP contribution >= 0.6 is 0 Å². The molecule has 0 aliphatic carbocycles. The number of aromatic nitrogens is 4. The molecular formula is C20H20N6. The zero-order valence-corrected chi connectivity index (χ0v) is 14.3. The molecule has 0 spiro atoms. The topological polar surface area (TPSA) is 78.5 Å². The molecule has 26 heavy (non-hydrogen) atoms. The molecule has 0 bridgehead atoms. The molecular weight excluding hydrogens is 324 g/mol. The van der Waals surface area contributed by atoms with Gasteiger partial charge in [-0.15, -0.1) is 5.10 Å². The number of H-pyrrole nitrogens is 1. The lowest BCUT2D eigenvalue weighted by Gasteiger charge is -2.07. The van der Waals surface area contributed by atoms with Gasteiger partial charge in [0.05, 0.1) is 6.20 Å². The third-order valence-electron chi connectivity index (χ3n) is 4.23. The van der Waals surface area contributed by atoms with Gasteiger partial charge in [-0.3, -0.25) is 0 Å². The molecule has 0 amide bonds. The largest absolute Gasteiger partial charge is 0.368 e. The van der Waals surface area contributed by atoms with Crippen LogP contribution in [0.3, 0.4) is 0 Å². The van der Waals surface area contributed by atoms with E-state index in [0.29, 0.717) is 12.5 Å². The summed E-state index contributed by atoms with van der Waals surface area (Å²) in [5, 5.41) is 15.8. The molecule has 0 saturated heterocycles. The molecule has 0 unspecified atom stereocenters. The van der Waals surface area contributed by atoms with E-state index in [2.05, 4.69) is 67.3 Å². The number of rotatable bonds is 7. The summed E-state index contributed by atoms with van der Waals surface area (Å²) in [4.78, 5) is 7.77. The summed E-state index contributed by atoms with van der Waals surface area (Å²) in [5.41, 5.74) is 3.63. The summed E-state index contributed by atoms with van der Waals surface area (Å²) in [7, 11) is 0. The average Bonchev–Trinajstić information content (AvgIpc) is 3.11. The maximum Gasteiger partial charge on any atom is 0.244 e. The Kier molecular flexibility index (Phi) is 4.73. The van der Waals surface area contributed by atoms with E-state index in [4.69, 9.17) is 0 Å². The number of nitrogens with zero attached hydrogens (tertiary/aromatic N) is 3. The minimum Gasteiger partial charge on any atom is -0.368 e. The van der Waals surface area contributed by atoms with E-state index in [9.17, 15) is 0 Å². The predicted molar refractivity (Wildman–Crippen MR) is 104 cm³/mol. The van der Waals surface area contributed by atoms with Gasteiger partial charge in [-0.1, -0.05) is 48.5 Å². The van der Waals surface area contributed by atoms with E-state index >= 15 is 0 Å². The van der Waals surface area contributed by atoms with Gasteiger partial charge in [0, 0.05) is 30.2 Å². The Morgan fingerprint density at radius 3 is 2.69 bits per heavy atom. The van der Waals surface area contributed by atoms with Crippen molar-refractivity contribution in [1.29, 1.82) is 0 Å². The highest BCUT2D eigenvalue weighted by molar-refractivity contribution is 5.83. The van der Waals surface area contributed by atoms with Crippen molar-refractivity contribution in [2.75, 3.05) is 17.2 Å². The molecule has 2 heterocycles. The number of anilines is 2. The van der Waals surface area contributed by atoms with Crippen molar-refractivity contribution in [2.24, 2.45) is 0 Å². The Labute approximate surface area is 151 Å². The lowest BCUT2D eigenvalue weighted by Crippen LogP contribution is -2.10. The molecule has 4 aromatic rings. The Hall–Kier alpha value is -3.41. The lowest BCUT2D eigenvalue weighted by molar-refractivity contribution is 0.930. The summed E-state index contributed by atoms with van der Waals surface area (Å²) < 4.78 is 0. The van der Waals surface area contributed by atoms with Crippen LogP contribution < -0.4 is 10.6 Å². The van der Waals surface area contributed by atoms with Gasteiger partial charge in [0.25, 0.3) is 0 Å². The fraction of sp³-hybridized carbons (Fsp3) is 0.150. The predicted octanol–water partition coefficient (Wildman–Crippen LogP) is 3.62. The fourth-order valence-corrected chi connectivity index (χ4v) is 2.90. The molecule has 0 fully saturated rings. The van der Waals surface area contributed by atoms with Crippen LogP contribution in [0.4, 0.5) is 11.8 Å². The van der Waals surface area contributed by atoms with Crippen LogP contribution in [0.2, 0.25) is 0 Å². The van der Waals surface area contributed by atoms with Gasteiger partial charge < -0.3 is 15.6 Å². The van der Waals surface area contributed by atoms with Crippen LogP contribution in [0.25, 0.3) is 10.9 Å². The second-order valence-electron chi connectivity index (χ2n) is 6.04. The molecule has 0 saturated carbocycles. The molecule has 0 radical (unpaired) electrons. The van der Waals surface area contributed by atoms with Gasteiger partial charge in [-0.05, 0) is 23.6 Å². The monoisotopic (exact) mass is 344 g/mol. The zero-order valence-electron chi connectivity index (χ0n) is 14.3. The molecule has 130 valence electrons. The van der Waals surface area contributed by atoms with E-state index in [-0.39, 0.29) is 0 Å². The van der Waals surface area contributed by atoms with Gasteiger partial charge in [0.15, 0.2) is 5.82 Å². The summed E-state index contributed by atoms with van der Waals surface area (Å²) in [5.74, 6) is 1.24. The first-order chi connectivity index (χ1) is 12.9. The highest BCUT2D eigenvalue weighted by Crippen LogP contribution is 2.18. The fourth-order valence-electron chi connectivity index (χ4n) is 2.90. The number of fused-ring (bicyclic) bond motifs is 1. The Morgan fingerprint density at radius 2 is 1.77 bits per heavy atom. The number of aromatic amines is 1. The first-order valence-corrected chi connectivity index (χ1v) is 8.65. The number of hydrogen-bond acceptors (Lipinski definition) is 5. The number of benzene rings is 2. The third-order valence-corrected chi connectivity index (χ3v) is 4.23. The van der Waals surface area contributed by atoms with Crippen LogP contribution in [0.5, 0.6) is 0 Å². The zero-order chi connectivity index (χ0) is 17.6. The van der Waals surface area contributed by atoms with Gasteiger partial charge >= 0.3 is 0 Å². The molecule has 6 nitrogen and oxygen atoms in total. The summed E-state index contributed by atoms with van der Waals surface area (Å²) >= 11 is 0. The summed E-state index contributed by atoms with van der Waals surface area (Å²) in [6.07, 6.45) is 4.61. The van der Waals surface area contributed by atoms with Crippen LogP contribution in [0, 0.1) is 0 Å². The first-order valence-electron chi connectivity index (χ1n) is 8.65. The van der Waals surface area contributed by atoms with Crippen molar-refractivity contribution < 1.29 is 0 Å². The van der Waals surface area contributed by atoms with E-state index in [0.717, 1.165) is 18.8 Å². The standard InChI is InChI=1S/C20H20N6/c1-2-6-15(7-3-1)12-23-20-25-19(14-24-26-20)21-11-10-16-13-22-18-9-5-4-8-17(16)18/h1-9,13-14,22H,10-12H2,(H2,21,23,25,26). The maximum absolute atomic E-state index is 4.47. The van der Waals surface area contributed by atoms with Gasteiger partial charge in [-0.2, -0.15) is 10.1 Å². The highest BCUT2D eigenvalue weighted by Gasteiger charge is 2.04. The molecule has 4 rings (SSSR count). The molecule has 0 atom stereocenters. The van der Waals surface area contributed by atoms with Crippen molar-refractivity contribution in [3.8, 4) is 0 Å². The maximum atomic E-state index is 4.47. The highest BCUT2D eigenvalue weighted by atomic mass is 15.3. The van der Waals surface area contributed by atoms with Crippen molar-refractivity contribution in [2.45, 2.75) is 13.0 Å². The van der Waals surface area contributed by atoms with Crippen LogP contribution in [0.1, 0.15) is 11.1 Å². The number of para-hydroxylation sites is 1. The van der Waals surface area contributed by atoms with Gasteiger partial charge in [0.2, 0.25) is 5.95 Å². The summed E-state index contributed by atoms with van der Waals surface area (Å²) in [6, 6.07) is 18.5. The number of nitrogens with one attached hydrogen (secondary N) is 3. The number of hydrogen-bond donors (Lipinski definition) is 3. The van der Waals surface area contributed by atoms with E-state index < -0.39 is 0 Å². The average molecular weight is 344 g/mol. The SMILES string of the molecule is c1ccc(CNc2nncc(NCCc3c[nH]c4ccccc34)n2)cc1. The van der Waals surface area contributed by atoms with E-state index in [1.54, 1.807) is 6.20 Å². The third kappa shape index (κ3) is 3.80. The Bertz CT molecular complexity index is 980. The van der Waals surface area contributed by atoms with Crippen LogP contribution in [0.15, 0.2) is 67.0 Å². The normalized spacial score (nSPS) is 10.8. The summed E-state index contributed by atoms with van der Waals surface area (Å²) in [6.45, 7) is 1.44. The minimum absolute atomic E-state index is 0.519. The van der Waals surface area contributed by atoms with Crippen molar-refractivity contribution in [3.05, 3.63) is 78.1 Å².